The van der Waals surface area contributed by atoms with Crippen LogP contribution < -0.4 is 0 Å². The van der Waals surface area contributed by atoms with E-state index in [0.29, 0.717) is 24.3 Å². The molecule has 0 aromatic heterocycles. The van der Waals surface area contributed by atoms with Gasteiger partial charge >= 0.3 is 0 Å². The summed E-state index contributed by atoms with van der Waals surface area (Å²) < 4.78 is 65.4. The van der Waals surface area contributed by atoms with Crippen LogP contribution in [0.15, 0.2) is 24.3 Å². The average molecular weight is 243 g/mol. The molecule has 0 atom stereocenters. The summed E-state index contributed by atoms with van der Waals surface area (Å²) >= 11 is 0. The van der Waals surface area contributed by atoms with Gasteiger partial charge in [-0.25, -0.2) is 22.0 Å². The van der Waals surface area contributed by atoms with Gasteiger partial charge in [0.05, 0.1) is 5.56 Å². The largest absolute Gasteiger partial charge is 0.207 e. The molecule has 0 aliphatic heterocycles. The molecule has 0 N–H and O–H groups in total. The van der Waals surface area contributed by atoms with E-state index in [9.17, 15) is 22.0 Å². The number of hydrogen-bond donors (Lipinski definition) is 0. The zero-order valence-corrected chi connectivity index (χ0v) is 8.20. The number of rotatable bonds is 1. The van der Waals surface area contributed by atoms with Crippen LogP contribution >= 0.6 is 0 Å². The van der Waals surface area contributed by atoms with Crippen molar-refractivity contribution in [1.29, 1.82) is 0 Å². The van der Waals surface area contributed by atoms with Crippen LogP contribution in [0.25, 0.3) is 11.1 Å². The number of halogens is 5. The maximum absolute atomic E-state index is 13.3. The van der Waals surface area contributed by atoms with Crippen molar-refractivity contribution in [3.05, 3.63) is 59.4 Å². The second kappa shape index (κ2) is 4.16. The molecule has 0 saturated heterocycles. The van der Waals surface area contributed by atoms with Crippen molar-refractivity contribution in [3.63, 3.8) is 0 Å². The van der Waals surface area contributed by atoms with Gasteiger partial charge in [0.25, 0.3) is 0 Å². The van der Waals surface area contributed by atoms with Crippen LogP contribution in [-0.2, 0) is 0 Å². The van der Waals surface area contributed by atoms with Gasteiger partial charge in [-0.05, 0) is 12.1 Å². The van der Waals surface area contributed by atoms with E-state index in [4.69, 9.17) is 0 Å². The van der Waals surface area contributed by atoms with E-state index in [1.807, 2.05) is 6.07 Å². The Hall–Kier alpha value is -1.91. The molecule has 0 unspecified atom stereocenters. The van der Waals surface area contributed by atoms with E-state index in [1.54, 1.807) is 0 Å². The van der Waals surface area contributed by atoms with Crippen LogP contribution in [0.2, 0.25) is 0 Å². The average Bonchev–Trinajstić information content (AvgIpc) is 2.21. The van der Waals surface area contributed by atoms with Crippen molar-refractivity contribution in [2.45, 2.75) is 0 Å². The molecule has 87 valence electrons. The molecule has 2 aromatic rings. The first-order valence-corrected chi connectivity index (χ1v) is 4.50. The highest BCUT2D eigenvalue weighted by molar-refractivity contribution is 5.65. The standard InChI is InChI=1S/C12H4F5/c13-6-1-2-9(15)8(3-6)12-10(16)4-7(14)5-11(12)17/h1,3-5H. The fraction of sp³-hybridized carbons (Fsp3) is 0. The maximum Gasteiger partial charge on any atom is 0.139 e. The van der Waals surface area contributed by atoms with Crippen LogP contribution in [-0.4, -0.2) is 0 Å². The van der Waals surface area contributed by atoms with E-state index in [0.717, 1.165) is 0 Å². The normalized spacial score (nSPS) is 10.6. The molecule has 0 fully saturated rings. The Balaban J connectivity index is 2.72. The quantitative estimate of drug-likeness (QED) is 0.667. The van der Waals surface area contributed by atoms with E-state index in [1.165, 1.54) is 0 Å². The van der Waals surface area contributed by atoms with Crippen molar-refractivity contribution in [3.8, 4) is 11.1 Å². The van der Waals surface area contributed by atoms with Crippen molar-refractivity contribution in [1.82, 2.24) is 0 Å². The fourth-order valence-electron chi connectivity index (χ4n) is 1.43. The van der Waals surface area contributed by atoms with Gasteiger partial charge in [-0.2, -0.15) is 0 Å². The molecule has 0 bridgehead atoms. The molecule has 0 amide bonds. The molecule has 0 spiro atoms. The monoisotopic (exact) mass is 243 g/mol. The second-order valence-corrected chi connectivity index (χ2v) is 3.29. The molecule has 0 saturated carbocycles. The summed E-state index contributed by atoms with van der Waals surface area (Å²) in [4.78, 5) is 0. The Morgan fingerprint density at radius 3 is 1.94 bits per heavy atom. The third-order valence-corrected chi connectivity index (χ3v) is 2.13. The smallest absolute Gasteiger partial charge is 0.139 e. The molecule has 1 radical (unpaired) electrons. The minimum absolute atomic E-state index is 0.392. The molecule has 2 aromatic carbocycles. The lowest BCUT2D eigenvalue weighted by atomic mass is 10.0. The van der Waals surface area contributed by atoms with Crippen molar-refractivity contribution < 1.29 is 22.0 Å². The summed E-state index contributed by atoms with van der Waals surface area (Å²) in [6, 6.07) is 3.96. The summed E-state index contributed by atoms with van der Waals surface area (Å²) in [5.74, 6) is -5.76. The highest BCUT2D eigenvalue weighted by Crippen LogP contribution is 2.29. The van der Waals surface area contributed by atoms with E-state index >= 15 is 0 Å². The van der Waals surface area contributed by atoms with Gasteiger partial charge in [-0.3, -0.25) is 0 Å². The Labute approximate surface area is 93.3 Å². The molecule has 2 rings (SSSR count). The van der Waals surface area contributed by atoms with E-state index in [2.05, 4.69) is 0 Å². The first kappa shape index (κ1) is 11.6. The molecular weight excluding hydrogens is 239 g/mol. The van der Waals surface area contributed by atoms with E-state index in [-0.39, 0.29) is 0 Å². The summed E-state index contributed by atoms with van der Waals surface area (Å²) in [6.07, 6.45) is 0. The lowest BCUT2D eigenvalue weighted by molar-refractivity contribution is 0.544. The SMILES string of the molecule is Fc1cc(F)c(-c2cc(F)c[c]c2F)c(F)c1. The van der Waals surface area contributed by atoms with Gasteiger partial charge < -0.3 is 0 Å². The van der Waals surface area contributed by atoms with Crippen molar-refractivity contribution >= 4 is 0 Å². The Bertz CT molecular complexity index is 554. The molecular formula is C12H4F5. The molecule has 5 heteroatoms. The summed E-state index contributed by atoms with van der Waals surface area (Å²) in [5, 5.41) is 0. The van der Waals surface area contributed by atoms with Gasteiger partial charge in [0, 0.05) is 23.8 Å². The topological polar surface area (TPSA) is 0 Å². The Morgan fingerprint density at radius 2 is 1.35 bits per heavy atom. The molecule has 0 nitrogen and oxygen atoms in total. The first-order valence-electron chi connectivity index (χ1n) is 4.50. The zero-order chi connectivity index (χ0) is 12.6. The first-order chi connectivity index (χ1) is 7.99. The van der Waals surface area contributed by atoms with Crippen LogP contribution in [0, 0.1) is 35.2 Å². The maximum atomic E-state index is 13.3. The third kappa shape index (κ3) is 2.13. The summed E-state index contributed by atoms with van der Waals surface area (Å²) in [5.41, 5.74) is -1.46. The van der Waals surface area contributed by atoms with Crippen LogP contribution in [0.3, 0.4) is 0 Å². The van der Waals surface area contributed by atoms with Crippen molar-refractivity contribution in [2.24, 2.45) is 0 Å². The molecule has 0 aliphatic carbocycles. The van der Waals surface area contributed by atoms with Crippen molar-refractivity contribution in [2.75, 3.05) is 0 Å². The predicted octanol–water partition coefficient (Wildman–Crippen LogP) is 3.85. The Kier molecular flexibility index (Phi) is 2.83. The molecule has 0 heterocycles. The Morgan fingerprint density at radius 1 is 0.765 bits per heavy atom. The summed E-state index contributed by atoms with van der Waals surface area (Å²) in [7, 11) is 0. The third-order valence-electron chi connectivity index (χ3n) is 2.13. The number of benzene rings is 2. The van der Waals surface area contributed by atoms with Gasteiger partial charge in [0.1, 0.15) is 29.1 Å². The minimum Gasteiger partial charge on any atom is -0.207 e. The lowest BCUT2D eigenvalue weighted by Crippen LogP contribution is -1.95. The van der Waals surface area contributed by atoms with Gasteiger partial charge in [-0.15, -0.1) is 0 Å². The minimum atomic E-state index is -1.31. The molecule has 0 aliphatic rings. The van der Waals surface area contributed by atoms with Crippen LogP contribution in [0.5, 0.6) is 0 Å². The zero-order valence-electron chi connectivity index (χ0n) is 8.20. The summed E-state index contributed by atoms with van der Waals surface area (Å²) in [6.45, 7) is 0. The second-order valence-electron chi connectivity index (χ2n) is 3.29. The van der Waals surface area contributed by atoms with Crippen LogP contribution in [0.1, 0.15) is 0 Å². The molecule has 17 heavy (non-hydrogen) atoms. The lowest BCUT2D eigenvalue weighted by Gasteiger charge is -2.06. The van der Waals surface area contributed by atoms with Gasteiger partial charge in [0.2, 0.25) is 0 Å². The predicted molar refractivity (Wildman–Crippen MR) is 50.5 cm³/mol. The van der Waals surface area contributed by atoms with E-state index < -0.39 is 40.2 Å². The highest BCUT2D eigenvalue weighted by atomic mass is 19.2. The fourth-order valence-corrected chi connectivity index (χ4v) is 1.43. The van der Waals surface area contributed by atoms with Crippen LogP contribution in [0.4, 0.5) is 22.0 Å². The highest BCUT2D eigenvalue weighted by Gasteiger charge is 2.17. The number of hydrogen-bond acceptors (Lipinski definition) is 0. The van der Waals surface area contributed by atoms with Gasteiger partial charge in [0.15, 0.2) is 0 Å². The van der Waals surface area contributed by atoms with Gasteiger partial charge in [-0.1, -0.05) is 0 Å².